The van der Waals surface area contributed by atoms with E-state index in [4.69, 9.17) is 9.47 Å². The van der Waals surface area contributed by atoms with Crippen LogP contribution in [0.4, 0.5) is 0 Å². The smallest absolute Gasteiger partial charge is 0.253 e. The maximum Gasteiger partial charge on any atom is 0.253 e. The molecule has 0 saturated carbocycles. The third-order valence-corrected chi connectivity index (χ3v) is 5.41. The molecule has 1 saturated heterocycles. The summed E-state index contributed by atoms with van der Waals surface area (Å²) in [5.41, 5.74) is 1.88. The van der Waals surface area contributed by atoms with Crippen molar-refractivity contribution in [2.24, 2.45) is 5.92 Å². The van der Waals surface area contributed by atoms with Gasteiger partial charge in [-0.05, 0) is 68.5 Å². The number of rotatable bonds is 9. The summed E-state index contributed by atoms with van der Waals surface area (Å²) < 4.78 is 11.2. The van der Waals surface area contributed by atoms with Gasteiger partial charge in [0.05, 0.1) is 6.61 Å². The third kappa shape index (κ3) is 6.34. The van der Waals surface area contributed by atoms with E-state index >= 15 is 0 Å². The van der Waals surface area contributed by atoms with E-state index in [2.05, 4.69) is 6.92 Å². The Hall–Kier alpha value is -2.82. The van der Waals surface area contributed by atoms with Crippen molar-refractivity contribution < 1.29 is 19.1 Å². The molecule has 0 aromatic heterocycles. The summed E-state index contributed by atoms with van der Waals surface area (Å²) in [5.74, 6) is 1.97. The molecule has 2 aromatic rings. The molecule has 1 aliphatic rings. The van der Waals surface area contributed by atoms with E-state index in [0.717, 1.165) is 36.1 Å². The van der Waals surface area contributed by atoms with Crippen molar-refractivity contribution in [2.45, 2.75) is 39.5 Å². The second kappa shape index (κ2) is 10.8. The van der Waals surface area contributed by atoms with Gasteiger partial charge >= 0.3 is 0 Å². The first-order valence-electron chi connectivity index (χ1n) is 10.8. The minimum atomic E-state index is 0.0782. The lowest BCUT2D eigenvalue weighted by molar-refractivity contribution is -0.122. The molecular weight excluding hydrogens is 378 g/mol. The van der Waals surface area contributed by atoms with Gasteiger partial charge in [0.2, 0.25) is 0 Å². The number of hydrogen-bond donors (Lipinski definition) is 0. The molecule has 1 fully saturated rings. The zero-order chi connectivity index (χ0) is 21.3. The van der Waals surface area contributed by atoms with Crippen LogP contribution in [0.15, 0.2) is 48.5 Å². The van der Waals surface area contributed by atoms with Crippen LogP contribution < -0.4 is 9.47 Å². The zero-order valence-corrected chi connectivity index (χ0v) is 17.9. The topological polar surface area (TPSA) is 55.8 Å². The summed E-state index contributed by atoms with van der Waals surface area (Å²) in [6, 6.07) is 15.1. The Morgan fingerprint density at radius 1 is 0.933 bits per heavy atom. The molecule has 3 rings (SSSR count). The van der Waals surface area contributed by atoms with E-state index < -0.39 is 0 Å². The molecule has 0 bridgehead atoms. The van der Waals surface area contributed by atoms with E-state index in [-0.39, 0.29) is 18.3 Å². The van der Waals surface area contributed by atoms with Crippen LogP contribution in [0.25, 0.3) is 0 Å². The Kier molecular flexibility index (Phi) is 7.89. The summed E-state index contributed by atoms with van der Waals surface area (Å²) in [6.45, 7) is 6.24. The van der Waals surface area contributed by atoms with E-state index in [0.29, 0.717) is 37.8 Å². The average molecular weight is 410 g/mol. The first-order chi connectivity index (χ1) is 14.5. The monoisotopic (exact) mass is 409 g/mol. The second-order valence-corrected chi connectivity index (χ2v) is 7.95. The molecule has 0 unspecified atom stereocenters. The second-order valence-electron chi connectivity index (χ2n) is 7.95. The predicted octanol–water partition coefficient (Wildman–Crippen LogP) is 4.67. The van der Waals surface area contributed by atoms with Gasteiger partial charge in [0, 0.05) is 25.1 Å². The molecule has 1 amide bonds. The van der Waals surface area contributed by atoms with Crippen LogP contribution in [0.2, 0.25) is 0 Å². The van der Waals surface area contributed by atoms with Crippen molar-refractivity contribution in [3.05, 3.63) is 59.7 Å². The summed E-state index contributed by atoms with van der Waals surface area (Å²) in [6.07, 6.45) is 3.18. The number of hydrogen-bond acceptors (Lipinski definition) is 4. The van der Waals surface area contributed by atoms with Gasteiger partial charge in [0.25, 0.3) is 5.91 Å². The van der Waals surface area contributed by atoms with Crippen LogP contribution >= 0.6 is 0 Å². The number of benzene rings is 2. The van der Waals surface area contributed by atoms with Gasteiger partial charge in [-0.3, -0.25) is 9.59 Å². The van der Waals surface area contributed by atoms with Crippen LogP contribution in [0.5, 0.6) is 11.5 Å². The largest absolute Gasteiger partial charge is 0.494 e. The SMILES string of the molecule is CCCOc1ccc(OCC(=O)CC2CCN(C(=O)c3ccc(C)cc3)CC2)cc1. The van der Waals surface area contributed by atoms with Gasteiger partial charge in [-0.15, -0.1) is 0 Å². The van der Waals surface area contributed by atoms with E-state index in [1.54, 1.807) is 0 Å². The molecule has 30 heavy (non-hydrogen) atoms. The Labute approximate surface area is 179 Å². The molecule has 0 radical (unpaired) electrons. The lowest BCUT2D eigenvalue weighted by atomic mass is 9.91. The van der Waals surface area contributed by atoms with Gasteiger partial charge in [-0.1, -0.05) is 24.6 Å². The van der Waals surface area contributed by atoms with Crippen molar-refractivity contribution in [3.63, 3.8) is 0 Å². The predicted molar refractivity (Wildman–Crippen MR) is 117 cm³/mol. The maximum absolute atomic E-state index is 12.6. The number of likely N-dealkylation sites (tertiary alicyclic amines) is 1. The molecule has 0 aliphatic carbocycles. The molecule has 0 N–H and O–H groups in total. The van der Waals surface area contributed by atoms with Crippen LogP contribution in [-0.2, 0) is 4.79 Å². The minimum absolute atomic E-state index is 0.0782. The van der Waals surface area contributed by atoms with Crippen LogP contribution in [0, 0.1) is 12.8 Å². The molecule has 0 atom stereocenters. The Morgan fingerprint density at radius 3 is 2.13 bits per heavy atom. The maximum atomic E-state index is 12.6. The fourth-order valence-electron chi connectivity index (χ4n) is 3.62. The number of Topliss-reactive ketones (excluding diaryl/α,β-unsaturated/α-hetero) is 1. The van der Waals surface area contributed by atoms with Crippen molar-refractivity contribution in [3.8, 4) is 11.5 Å². The number of piperidine rings is 1. The number of ketones is 1. The number of ether oxygens (including phenoxy) is 2. The number of aryl methyl sites for hydroxylation is 1. The highest BCUT2D eigenvalue weighted by Crippen LogP contribution is 2.23. The summed E-state index contributed by atoms with van der Waals surface area (Å²) in [4.78, 5) is 26.8. The zero-order valence-electron chi connectivity index (χ0n) is 17.9. The molecule has 2 aromatic carbocycles. The Bertz CT molecular complexity index is 821. The molecule has 5 heteroatoms. The average Bonchev–Trinajstić information content (AvgIpc) is 2.77. The van der Waals surface area contributed by atoms with Crippen LogP contribution in [-0.4, -0.2) is 42.9 Å². The highest BCUT2D eigenvalue weighted by Gasteiger charge is 2.25. The number of nitrogens with zero attached hydrogens (tertiary/aromatic N) is 1. The van der Waals surface area contributed by atoms with Crippen molar-refractivity contribution in [1.29, 1.82) is 0 Å². The van der Waals surface area contributed by atoms with Crippen LogP contribution in [0.3, 0.4) is 0 Å². The quantitative estimate of drug-likeness (QED) is 0.604. The number of amides is 1. The summed E-state index contributed by atoms with van der Waals surface area (Å²) in [5, 5.41) is 0. The van der Waals surface area contributed by atoms with Crippen molar-refractivity contribution >= 4 is 11.7 Å². The summed E-state index contributed by atoms with van der Waals surface area (Å²) in [7, 11) is 0. The number of carbonyl (C=O) groups excluding carboxylic acids is 2. The Balaban J connectivity index is 1.38. The first-order valence-corrected chi connectivity index (χ1v) is 10.8. The van der Waals surface area contributed by atoms with Crippen LogP contribution in [0.1, 0.15) is 48.5 Å². The van der Waals surface area contributed by atoms with Gasteiger partial charge < -0.3 is 14.4 Å². The fraction of sp³-hybridized carbons (Fsp3) is 0.440. The molecule has 160 valence electrons. The summed E-state index contributed by atoms with van der Waals surface area (Å²) >= 11 is 0. The normalized spacial score (nSPS) is 14.4. The first kappa shape index (κ1) is 21.9. The minimum Gasteiger partial charge on any atom is -0.494 e. The molecular formula is C25H31NO4. The molecule has 1 aliphatic heterocycles. The molecule has 5 nitrogen and oxygen atoms in total. The van der Waals surface area contributed by atoms with E-state index in [1.165, 1.54) is 0 Å². The van der Waals surface area contributed by atoms with Gasteiger partial charge in [-0.2, -0.15) is 0 Å². The lowest BCUT2D eigenvalue weighted by Crippen LogP contribution is -2.39. The van der Waals surface area contributed by atoms with E-state index in [1.807, 2.05) is 60.4 Å². The highest BCUT2D eigenvalue weighted by molar-refractivity contribution is 5.94. The van der Waals surface area contributed by atoms with Gasteiger partial charge in [0.15, 0.2) is 5.78 Å². The molecule has 0 spiro atoms. The van der Waals surface area contributed by atoms with Crippen molar-refractivity contribution in [1.82, 2.24) is 4.90 Å². The van der Waals surface area contributed by atoms with Gasteiger partial charge in [-0.25, -0.2) is 0 Å². The van der Waals surface area contributed by atoms with Crippen molar-refractivity contribution in [2.75, 3.05) is 26.3 Å². The number of carbonyl (C=O) groups is 2. The molecule has 1 heterocycles. The highest BCUT2D eigenvalue weighted by atomic mass is 16.5. The lowest BCUT2D eigenvalue weighted by Gasteiger charge is -2.31. The van der Waals surface area contributed by atoms with E-state index in [9.17, 15) is 9.59 Å². The Morgan fingerprint density at radius 2 is 1.53 bits per heavy atom. The third-order valence-electron chi connectivity index (χ3n) is 5.41. The van der Waals surface area contributed by atoms with Gasteiger partial charge in [0.1, 0.15) is 18.1 Å². The standard InChI is InChI=1S/C25H31NO4/c1-3-16-29-23-8-10-24(11-9-23)30-18-22(27)17-20-12-14-26(15-13-20)25(28)21-6-4-19(2)5-7-21/h4-11,20H,3,12-18H2,1-2H3. The fourth-order valence-corrected chi connectivity index (χ4v) is 3.62.